The largest absolute Gasteiger partial charge is 0.497 e. The molecule has 0 radical (unpaired) electrons. The normalized spacial score (nSPS) is 12.2. The highest BCUT2D eigenvalue weighted by Gasteiger charge is 2.12. The number of hydrogen-bond donors (Lipinski definition) is 1. The first-order valence-electron chi connectivity index (χ1n) is 5.77. The molecule has 0 saturated heterocycles. The molecular formula is C15H16ClNO. The highest BCUT2D eigenvalue weighted by molar-refractivity contribution is 6.30. The molecule has 0 aliphatic rings. The number of rotatable bonds is 3. The lowest BCUT2D eigenvalue weighted by molar-refractivity contribution is 0.414. The first-order valence-corrected chi connectivity index (χ1v) is 6.15. The van der Waals surface area contributed by atoms with Crippen molar-refractivity contribution < 1.29 is 4.74 Å². The van der Waals surface area contributed by atoms with Gasteiger partial charge in [-0.1, -0.05) is 29.8 Å². The average molecular weight is 262 g/mol. The molecule has 3 heteroatoms. The molecule has 94 valence electrons. The fraction of sp³-hybridized carbons (Fsp3) is 0.200. The Balaban J connectivity index is 2.34. The van der Waals surface area contributed by atoms with Crippen LogP contribution in [0.25, 0.3) is 0 Å². The van der Waals surface area contributed by atoms with Crippen LogP contribution < -0.4 is 10.5 Å². The van der Waals surface area contributed by atoms with E-state index in [2.05, 4.69) is 0 Å². The van der Waals surface area contributed by atoms with Crippen LogP contribution in [0.4, 0.5) is 0 Å². The van der Waals surface area contributed by atoms with Crippen molar-refractivity contribution in [3.63, 3.8) is 0 Å². The fourth-order valence-electron chi connectivity index (χ4n) is 1.94. The van der Waals surface area contributed by atoms with Gasteiger partial charge in [0, 0.05) is 5.02 Å². The highest BCUT2D eigenvalue weighted by atomic mass is 35.5. The Morgan fingerprint density at radius 3 is 2.39 bits per heavy atom. The average Bonchev–Trinajstić information content (AvgIpc) is 2.41. The molecular weight excluding hydrogens is 246 g/mol. The lowest BCUT2D eigenvalue weighted by Crippen LogP contribution is -2.13. The molecule has 0 fully saturated rings. The predicted octanol–water partition coefficient (Wildman–Crippen LogP) is 3.71. The zero-order valence-electron chi connectivity index (χ0n) is 10.5. The minimum Gasteiger partial charge on any atom is -0.497 e. The molecule has 0 saturated carbocycles. The van der Waals surface area contributed by atoms with Gasteiger partial charge >= 0.3 is 0 Å². The molecule has 18 heavy (non-hydrogen) atoms. The summed E-state index contributed by atoms with van der Waals surface area (Å²) in [7, 11) is 1.65. The van der Waals surface area contributed by atoms with Crippen molar-refractivity contribution >= 4 is 11.6 Å². The number of methoxy groups -OCH3 is 1. The van der Waals surface area contributed by atoms with Gasteiger partial charge in [-0.2, -0.15) is 0 Å². The summed E-state index contributed by atoms with van der Waals surface area (Å²) >= 11 is 6.02. The molecule has 2 nitrogen and oxygen atoms in total. The number of ether oxygens (including phenoxy) is 1. The molecule has 0 aliphatic heterocycles. The van der Waals surface area contributed by atoms with Crippen molar-refractivity contribution in [3.8, 4) is 5.75 Å². The maximum Gasteiger partial charge on any atom is 0.118 e. The smallest absolute Gasteiger partial charge is 0.118 e. The number of halogens is 1. The predicted molar refractivity (Wildman–Crippen MR) is 75.2 cm³/mol. The molecule has 0 amide bonds. The second-order valence-corrected chi connectivity index (χ2v) is 4.69. The summed E-state index contributed by atoms with van der Waals surface area (Å²) in [5.74, 6) is 0.828. The highest BCUT2D eigenvalue weighted by Crippen LogP contribution is 2.26. The third kappa shape index (κ3) is 2.66. The van der Waals surface area contributed by atoms with Crippen molar-refractivity contribution in [2.45, 2.75) is 13.0 Å². The second-order valence-electron chi connectivity index (χ2n) is 4.25. The first-order chi connectivity index (χ1) is 8.61. The van der Waals surface area contributed by atoms with Gasteiger partial charge in [-0.05, 0) is 47.9 Å². The monoisotopic (exact) mass is 261 g/mol. The van der Waals surface area contributed by atoms with Crippen LogP contribution in [0, 0.1) is 6.92 Å². The second kappa shape index (κ2) is 5.42. The van der Waals surface area contributed by atoms with Crippen LogP contribution in [-0.2, 0) is 0 Å². The summed E-state index contributed by atoms with van der Waals surface area (Å²) in [6, 6.07) is 13.4. The van der Waals surface area contributed by atoms with Gasteiger partial charge < -0.3 is 10.5 Å². The summed E-state index contributed by atoms with van der Waals surface area (Å²) in [4.78, 5) is 0. The van der Waals surface area contributed by atoms with Crippen molar-refractivity contribution in [1.29, 1.82) is 0 Å². The molecule has 1 unspecified atom stereocenters. The molecule has 0 aliphatic carbocycles. The maximum absolute atomic E-state index is 6.28. The van der Waals surface area contributed by atoms with E-state index in [1.807, 2.05) is 49.4 Å². The van der Waals surface area contributed by atoms with Gasteiger partial charge in [0.05, 0.1) is 13.2 Å². The fourth-order valence-corrected chi connectivity index (χ4v) is 2.12. The van der Waals surface area contributed by atoms with Gasteiger partial charge in [0.2, 0.25) is 0 Å². The molecule has 2 N–H and O–H groups in total. The summed E-state index contributed by atoms with van der Waals surface area (Å²) in [6.45, 7) is 2.04. The molecule has 0 aromatic heterocycles. The van der Waals surface area contributed by atoms with Gasteiger partial charge in [-0.25, -0.2) is 0 Å². The van der Waals surface area contributed by atoms with Crippen LogP contribution in [-0.4, -0.2) is 7.11 Å². The summed E-state index contributed by atoms with van der Waals surface area (Å²) in [6.07, 6.45) is 0. The van der Waals surface area contributed by atoms with Crippen LogP contribution in [0.3, 0.4) is 0 Å². The van der Waals surface area contributed by atoms with E-state index in [0.29, 0.717) is 5.02 Å². The number of nitrogens with two attached hydrogens (primary N) is 1. The van der Waals surface area contributed by atoms with Crippen molar-refractivity contribution in [2.24, 2.45) is 5.73 Å². The minimum atomic E-state index is -0.172. The summed E-state index contributed by atoms with van der Waals surface area (Å²) in [5.41, 5.74) is 9.51. The Hall–Kier alpha value is -1.51. The quantitative estimate of drug-likeness (QED) is 0.914. The van der Waals surface area contributed by atoms with Crippen molar-refractivity contribution in [3.05, 3.63) is 64.2 Å². The standard InChI is InChI=1S/C15H16ClNO/c1-10-3-6-12(16)9-14(10)15(17)11-4-7-13(18-2)8-5-11/h3-9,15H,17H2,1-2H3. The van der Waals surface area contributed by atoms with Gasteiger partial charge in [-0.3, -0.25) is 0 Å². The van der Waals surface area contributed by atoms with Gasteiger partial charge in [0.1, 0.15) is 5.75 Å². The van der Waals surface area contributed by atoms with E-state index >= 15 is 0 Å². The van der Waals surface area contributed by atoms with E-state index in [0.717, 1.165) is 22.4 Å². The number of aryl methyl sites for hydroxylation is 1. The van der Waals surface area contributed by atoms with Crippen LogP contribution in [0.2, 0.25) is 5.02 Å². The molecule has 0 spiro atoms. The molecule has 2 rings (SSSR count). The van der Waals surface area contributed by atoms with E-state index in [1.165, 1.54) is 0 Å². The Kier molecular flexibility index (Phi) is 3.90. The molecule has 1 atom stereocenters. The maximum atomic E-state index is 6.28. The van der Waals surface area contributed by atoms with E-state index in [1.54, 1.807) is 7.11 Å². The van der Waals surface area contributed by atoms with Gasteiger partial charge in [-0.15, -0.1) is 0 Å². The van der Waals surface area contributed by atoms with Crippen LogP contribution in [0.15, 0.2) is 42.5 Å². The van der Waals surface area contributed by atoms with E-state index in [-0.39, 0.29) is 6.04 Å². The lowest BCUT2D eigenvalue weighted by Gasteiger charge is -2.16. The van der Waals surface area contributed by atoms with Crippen LogP contribution in [0.1, 0.15) is 22.7 Å². The minimum absolute atomic E-state index is 0.172. The lowest BCUT2D eigenvalue weighted by atomic mass is 9.96. The Labute approximate surface area is 112 Å². The summed E-state index contributed by atoms with van der Waals surface area (Å²) in [5, 5.41) is 0.708. The zero-order valence-corrected chi connectivity index (χ0v) is 11.2. The van der Waals surface area contributed by atoms with Gasteiger partial charge in [0.15, 0.2) is 0 Å². The SMILES string of the molecule is COc1ccc(C(N)c2cc(Cl)ccc2C)cc1. The Bertz CT molecular complexity index is 537. The van der Waals surface area contributed by atoms with E-state index < -0.39 is 0 Å². The Morgan fingerprint density at radius 1 is 1.11 bits per heavy atom. The van der Waals surface area contributed by atoms with Crippen LogP contribution >= 0.6 is 11.6 Å². The van der Waals surface area contributed by atoms with Gasteiger partial charge in [0.25, 0.3) is 0 Å². The zero-order chi connectivity index (χ0) is 13.1. The van der Waals surface area contributed by atoms with E-state index in [9.17, 15) is 0 Å². The number of hydrogen-bond acceptors (Lipinski definition) is 2. The topological polar surface area (TPSA) is 35.2 Å². The molecule has 0 heterocycles. The molecule has 2 aromatic carbocycles. The van der Waals surface area contributed by atoms with E-state index in [4.69, 9.17) is 22.1 Å². The Morgan fingerprint density at radius 2 is 1.78 bits per heavy atom. The van der Waals surface area contributed by atoms with Crippen LogP contribution in [0.5, 0.6) is 5.75 Å². The van der Waals surface area contributed by atoms with Crippen molar-refractivity contribution in [2.75, 3.05) is 7.11 Å². The molecule has 0 bridgehead atoms. The third-order valence-electron chi connectivity index (χ3n) is 3.05. The number of benzene rings is 2. The summed E-state index contributed by atoms with van der Waals surface area (Å²) < 4.78 is 5.14. The molecule has 2 aromatic rings. The van der Waals surface area contributed by atoms with Crippen molar-refractivity contribution in [1.82, 2.24) is 0 Å². The third-order valence-corrected chi connectivity index (χ3v) is 3.29. The first kappa shape index (κ1) is 12.9.